The third kappa shape index (κ3) is 8.87. The lowest BCUT2D eigenvalue weighted by Crippen LogP contribution is -2.39. The van der Waals surface area contributed by atoms with Crippen molar-refractivity contribution >= 4 is 56.6 Å². The lowest BCUT2D eigenvalue weighted by molar-refractivity contribution is 0.418. The second-order valence-electron chi connectivity index (χ2n) is 30.6. The topological polar surface area (TPSA) is 9.72 Å². The third-order valence-corrected chi connectivity index (χ3v) is 21.8. The summed E-state index contributed by atoms with van der Waals surface area (Å²) in [5, 5.41) is 0. The van der Waals surface area contributed by atoms with E-state index in [-0.39, 0.29) is 33.1 Å². The predicted octanol–water partition coefficient (Wildman–Crippen LogP) is 23.4. The van der Waals surface area contributed by atoms with Crippen molar-refractivity contribution in [2.75, 3.05) is 14.7 Å². The highest BCUT2D eigenvalue weighted by atomic mass is 15.2. The molecule has 0 fully saturated rings. The molecule has 3 nitrogen and oxygen atoms in total. The minimum atomic E-state index is -0.415. The van der Waals surface area contributed by atoms with Crippen LogP contribution in [0.3, 0.4) is 0 Å². The molecule has 0 aromatic heterocycles. The number of para-hydroxylation sites is 1. The van der Waals surface area contributed by atoms with Crippen molar-refractivity contribution in [2.24, 2.45) is 11.3 Å². The maximum Gasteiger partial charge on any atom is 0.0560 e. The zero-order valence-corrected chi connectivity index (χ0v) is 54.8. The van der Waals surface area contributed by atoms with Gasteiger partial charge in [0.25, 0.3) is 0 Å². The van der Waals surface area contributed by atoms with Crippen molar-refractivity contribution in [1.29, 1.82) is 0 Å². The predicted molar refractivity (Wildman–Crippen MR) is 379 cm³/mol. The Bertz CT molecular complexity index is 4500. The molecule has 0 spiro atoms. The zero-order valence-electron chi connectivity index (χ0n) is 54.8. The number of nitrogens with zero attached hydrogens (tertiary/aromatic N) is 3. The number of hydrogen-bond acceptors (Lipinski definition) is 3. The average Bonchev–Trinajstić information content (AvgIpc) is 1.54. The standard InChI is InChI=1S/C86H85N3/c1-81(2,3)58-33-41-62(42-34-58)87(60-37-27-54(28-38-60)56-31-46-68-66-21-15-17-23-70(66)83(7,8)73(68)49-56)64-45-48-79-75(51-64)86(13,14)77-53-65(52-76-80(77)89(79)78-26-20-19-25-72(78)85(76,11)12)88(63-43-35-59(36-44-63)82(4,5)6)61-39-29-55(30-40-61)57-32-47-69-67-22-16-18-24-71(67)84(9,10)74(69)50-57/h15-43,45-48,50-53,63,73H,44,49H2,1-14H3. The first-order valence-corrected chi connectivity index (χ1v) is 32.7. The van der Waals surface area contributed by atoms with Crippen LogP contribution in [0, 0.1) is 11.3 Å². The highest BCUT2D eigenvalue weighted by Crippen LogP contribution is 2.62. The molecule has 2 unspecified atom stereocenters. The molecule has 9 aromatic carbocycles. The van der Waals surface area contributed by atoms with Crippen LogP contribution in [0.25, 0.3) is 33.4 Å². The van der Waals surface area contributed by atoms with Crippen molar-refractivity contribution in [3.8, 4) is 22.3 Å². The molecule has 0 N–H and O–H groups in total. The number of allylic oxidation sites excluding steroid dienone is 6. The second-order valence-corrected chi connectivity index (χ2v) is 30.6. The first-order valence-electron chi connectivity index (χ1n) is 32.7. The van der Waals surface area contributed by atoms with E-state index in [0.717, 1.165) is 29.9 Å². The summed E-state index contributed by atoms with van der Waals surface area (Å²) in [7, 11) is 0. The number of fused-ring (bicyclic) bond motifs is 10. The van der Waals surface area contributed by atoms with Gasteiger partial charge in [0.05, 0.1) is 23.1 Å². The van der Waals surface area contributed by atoms with Gasteiger partial charge in [0, 0.05) is 44.7 Å². The van der Waals surface area contributed by atoms with Gasteiger partial charge in [0.2, 0.25) is 0 Å². The lowest BCUT2D eigenvalue weighted by atomic mass is 9.66. The summed E-state index contributed by atoms with van der Waals surface area (Å²) in [4.78, 5) is 7.76. The fourth-order valence-electron chi connectivity index (χ4n) is 16.5. The molecule has 4 aliphatic carbocycles. The van der Waals surface area contributed by atoms with Gasteiger partial charge in [0.15, 0.2) is 0 Å². The van der Waals surface area contributed by atoms with Gasteiger partial charge in [-0.15, -0.1) is 0 Å². The van der Waals surface area contributed by atoms with Gasteiger partial charge in [-0.3, -0.25) is 0 Å². The monoisotopic (exact) mass is 1160 g/mol. The summed E-state index contributed by atoms with van der Waals surface area (Å²) in [6.45, 7) is 33.4. The Morgan fingerprint density at radius 1 is 0.427 bits per heavy atom. The van der Waals surface area contributed by atoms with Crippen molar-refractivity contribution in [3.63, 3.8) is 0 Å². The van der Waals surface area contributed by atoms with Gasteiger partial charge in [-0.2, -0.15) is 0 Å². The van der Waals surface area contributed by atoms with Gasteiger partial charge in [-0.25, -0.2) is 0 Å². The summed E-state index contributed by atoms with van der Waals surface area (Å²) in [5.74, 6) is 0.442. The molecule has 2 heterocycles. The Hall–Kier alpha value is -8.66. The van der Waals surface area contributed by atoms with E-state index in [9.17, 15) is 0 Å². The van der Waals surface area contributed by atoms with E-state index >= 15 is 0 Å². The number of benzene rings is 9. The minimum absolute atomic E-state index is 0.0228. The van der Waals surface area contributed by atoms with Crippen LogP contribution in [-0.4, -0.2) is 6.04 Å². The molecule has 2 aliphatic heterocycles. The van der Waals surface area contributed by atoms with E-state index in [1.165, 1.54) is 123 Å². The largest absolute Gasteiger partial charge is 0.334 e. The number of hydrogen-bond donors (Lipinski definition) is 0. The third-order valence-electron chi connectivity index (χ3n) is 21.8. The first kappa shape index (κ1) is 56.8. The minimum Gasteiger partial charge on any atom is -0.334 e. The van der Waals surface area contributed by atoms with E-state index < -0.39 is 5.41 Å². The molecule has 2 atom stereocenters. The first-order chi connectivity index (χ1) is 42.4. The molecule has 89 heavy (non-hydrogen) atoms. The van der Waals surface area contributed by atoms with Crippen molar-refractivity contribution in [2.45, 2.75) is 143 Å². The van der Waals surface area contributed by atoms with E-state index in [1.807, 2.05) is 0 Å². The van der Waals surface area contributed by atoms with E-state index in [1.54, 1.807) is 0 Å². The molecule has 444 valence electrons. The molecular weight excluding hydrogens is 1070 g/mol. The van der Waals surface area contributed by atoms with Gasteiger partial charge in [0.1, 0.15) is 0 Å². The fourth-order valence-corrected chi connectivity index (χ4v) is 16.5. The van der Waals surface area contributed by atoms with Crippen LogP contribution in [0.1, 0.15) is 165 Å². The summed E-state index contributed by atoms with van der Waals surface area (Å²) < 4.78 is 0. The van der Waals surface area contributed by atoms with Crippen molar-refractivity contribution in [3.05, 3.63) is 286 Å². The van der Waals surface area contributed by atoms with Gasteiger partial charge < -0.3 is 14.7 Å². The lowest BCUT2D eigenvalue weighted by Gasteiger charge is -2.50. The zero-order chi connectivity index (χ0) is 61.9. The SMILES string of the molecule is CC(C)(C)C1=CCC(N(c2ccc(-c3ccc4c(c3)C(C)(C)c3ccccc3-4)cc2)c2cc3c4c(c2)C(C)(C)c2cc(N(c5ccc(C6=CC=C7c8ccccc8C(C)(C)C7C6)cc5)c5ccc(C(C)(C)C)cc5)ccc2N4c2ccccc2C3(C)C)C=C1. The van der Waals surface area contributed by atoms with Gasteiger partial charge >= 0.3 is 0 Å². The molecule has 0 bridgehead atoms. The maximum absolute atomic E-state index is 2.65. The Balaban J connectivity index is 0.855. The van der Waals surface area contributed by atoms with E-state index in [0.29, 0.717) is 5.92 Å². The Kier molecular flexibility index (Phi) is 12.7. The quantitative estimate of drug-likeness (QED) is 0.150. The molecule has 6 aliphatic rings. The average molecular weight is 1160 g/mol. The molecule has 9 aromatic rings. The summed E-state index contributed by atoms with van der Waals surface area (Å²) in [5.41, 5.74) is 32.0. The van der Waals surface area contributed by atoms with Gasteiger partial charge in [-0.1, -0.05) is 243 Å². The number of rotatable bonds is 8. The van der Waals surface area contributed by atoms with Crippen LogP contribution < -0.4 is 14.7 Å². The number of anilines is 8. The smallest absolute Gasteiger partial charge is 0.0560 e. The van der Waals surface area contributed by atoms with Crippen LogP contribution >= 0.6 is 0 Å². The normalized spacial score (nSPS) is 19.1. The van der Waals surface area contributed by atoms with Crippen LogP contribution in [0.4, 0.5) is 45.5 Å². The summed E-state index contributed by atoms with van der Waals surface area (Å²) in [6, 6.07) is 75.1. The van der Waals surface area contributed by atoms with E-state index in [2.05, 4.69) is 336 Å². The fraction of sp³-hybridized carbons (Fsp3) is 0.279. The molecule has 15 rings (SSSR count). The van der Waals surface area contributed by atoms with Gasteiger partial charge in [-0.05, 0) is 208 Å². The summed E-state index contributed by atoms with van der Waals surface area (Å²) >= 11 is 0. The van der Waals surface area contributed by atoms with Crippen LogP contribution in [-0.2, 0) is 27.1 Å². The van der Waals surface area contributed by atoms with E-state index in [4.69, 9.17) is 0 Å². The highest BCUT2D eigenvalue weighted by molar-refractivity contribution is 5.96. The highest BCUT2D eigenvalue weighted by Gasteiger charge is 2.48. The van der Waals surface area contributed by atoms with Crippen LogP contribution in [0.15, 0.2) is 230 Å². The summed E-state index contributed by atoms with van der Waals surface area (Å²) in [6.07, 6.45) is 14.1. The molecule has 0 saturated carbocycles. The maximum atomic E-state index is 2.65. The van der Waals surface area contributed by atoms with Crippen molar-refractivity contribution < 1.29 is 0 Å². The second kappa shape index (κ2) is 19.9. The Morgan fingerprint density at radius 3 is 1.63 bits per heavy atom. The molecule has 0 amide bonds. The Morgan fingerprint density at radius 2 is 0.966 bits per heavy atom. The van der Waals surface area contributed by atoms with Crippen LogP contribution in [0.5, 0.6) is 0 Å². The molecular formula is C86H85N3. The molecule has 3 heteroatoms. The Labute approximate surface area is 530 Å². The van der Waals surface area contributed by atoms with Crippen LogP contribution in [0.2, 0.25) is 0 Å². The van der Waals surface area contributed by atoms with Crippen molar-refractivity contribution in [1.82, 2.24) is 0 Å². The molecule has 0 saturated heterocycles. The molecule has 0 radical (unpaired) electrons.